The lowest BCUT2D eigenvalue weighted by Gasteiger charge is -2.36. The van der Waals surface area contributed by atoms with Gasteiger partial charge >= 0.3 is 7.57 Å². The fourth-order valence-electron chi connectivity index (χ4n) is 2.34. The molecule has 0 nitrogen and oxygen atoms in total. The quantitative estimate of drug-likeness (QED) is 0.576. The predicted octanol–water partition coefficient (Wildman–Crippen LogP) is 4.60. The molecule has 2 radical (unpaired) electrons. The Bertz CT molecular complexity index is 623. The highest BCUT2D eigenvalue weighted by atomic mass is 32.4. The molecule has 114 valence electrons. The fraction of sp³-hybridized carbons (Fsp3) is 0.333. The molecule has 2 rings (SSSR count). The first-order valence-corrected chi connectivity index (χ1v) is 13.0. The SMILES string of the molecule is [B][P+](C[P@@](C)(=S)C(C)(C)C)(c1ccccc1)c1ccccc1. The van der Waals surface area contributed by atoms with Gasteiger partial charge in [0.2, 0.25) is 0 Å². The van der Waals surface area contributed by atoms with Crippen molar-refractivity contribution < 1.29 is 0 Å². The van der Waals surface area contributed by atoms with Gasteiger partial charge in [0, 0.05) is 7.14 Å². The second-order valence-corrected chi connectivity index (χ2v) is 16.8. The molecule has 1 atom stereocenters. The largest absolute Gasteiger partial charge is 0.377 e. The Morgan fingerprint density at radius 3 is 1.59 bits per heavy atom. The Kier molecular flexibility index (Phi) is 5.38. The molecule has 0 N–H and O–H groups in total. The van der Waals surface area contributed by atoms with Crippen molar-refractivity contribution in [1.82, 2.24) is 0 Å². The highest BCUT2D eigenvalue weighted by molar-refractivity contribution is 8.23. The summed E-state index contributed by atoms with van der Waals surface area (Å²) in [5.74, 6) is 0.937. The van der Waals surface area contributed by atoms with Crippen molar-refractivity contribution in [3.8, 4) is 0 Å². The topological polar surface area (TPSA) is 0 Å². The first-order chi connectivity index (χ1) is 10.2. The molecule has 0 spiro atoms. The van der Waals surface area contributed by atoms with E-state index in [-0.39, 0.29) is 5.16 Å². The van der Waals surface area contributed by atoms with E-state index in [4.69, 9.17) is 19.4 Å². The van der Waals surface area contributed by atoms with Gasteiger partial charge in [-0.15, -0.1) is 0 Å². The summed E-state index contributed by atoms with van der Waals surface area (Å²) in [7, 11) is 5.15. The monoisotopic (exact) mass is 345 g/mol. The van der Waals surface area contributed by atoms with Gasteiger partial charge in [0.15, 0.2) is 0 Å². The molecule has 2 aromatic rings. The van der Waals surface area contributed by atoms with Crippen molar-refractivity contribution in [3.63, 3.8) is 0 Å². The molecule has 0 aliphatic rings. The van der Waals surface area contributed by atoms with Crippen molar-refractivity contribution in [2.45, 2.75) is 25.9 Å². The third-order valence-electron chi connectivity index (χ3n) is 4.35. The Labute approximate surface area is 142 Å². The zero-order valence-corrected chi connectivity index (χ0v) is 16.5. The van der Waals surface area contributed by atoms with Crippen molar-refractivity contribution in [3.05, 3.63) is 60.7 Å². The number of hydrogen-bond donors (Lipinski definition) is 0. The molecule has 0 unspecified atom stereocenters. The Hall–Kier alpha value is -0.415. The van der Waals surface area contributed by atoms with Crippen LogP contribution in [0, 0.1) is 0 Å². The fourth-order valence-corrected chi connectivity index (χ4v) is 12.1. The molecule has 2 aromatic carbocycles. The summed E-state index contributed by atoms with van der Waals surface area (Å²) in [6, 6.07) is 19.5. The third kappa shape index (κ3) is 3.73. The molecule has 4 heteroatoms. The van der Waals surface area contributed by atoms with Crippen LogP contribution >= 0.6 is 13.2 Å². The Morgan fingerprint density at radius 1 is 0.909 bits per heavy atom. The first-order valence-electron chi connectivity index (χ1n) is 7.51. The van der Waals surface area contributed by atoms with Gasteiger partial charge in [-0.3, -0.25) is 0 Å². The van der Waals surface area contributed by atoms with Crippen LogP contribution in [-0.4, -0.2) is 25.3 Å². The van der Waals surface area contributed by atoms with Crippen LogP contribution in [0.15, 0.2) is 60.7 Å². The van der Waals surface area contributed by atoms with Crippen LogP contribution in [0.2, 0.25) is 0 Å². The highest BCUT2D eigenvalue weighted by Gasteiger charge is 2.44. The van der Waals surface area contributed by atoms with Gasteiger partial charge in [-0.25, -0.2) is 0 Å². The van der Waals surface area contributed by atoms with Crippen molar-refractivity contribution in [2.24, 2.45) is 0 Å². The number of rotatable bonds is 4. The van der Waals surface area contributed by atoms with Crippen LogP contribution in [0.5, 0.6) is 0 Å². The maximum absolute atomic E-state index is 7.10. The second-order valence-electron chi connectivity index (χ2n) is 6.95. The molecule has 0 heterocycles. The van der Waals surface area contributed by atoms with Crippen LogP contribution in [0.25, 0.3) is 0 Å². The molecule has 0 amide bonds. The molecule has 0 aliphatic heterocycles. The van der Waals surface area contributed by atoms with Gasteiger partial charge in [-0.2, -0.15) is 0 Å². The minimum atomic E-state index is -1.95. The average Bonchev–Trinajstić information content (AvgIpc) is 2.47. The number of hydrogen-bond acceptors (Lipinski definition) is 1. The van der Waals surface area contributed by atoms with E-state index >= 15 is 0 Å². The number of benzene rings is 2. The van der Waals surface area contributed by atoms with E-state index in [1.54, 1.807) is 0 Å². The summed E-state index contributed by atoms with van der Waals surface area (Å²) < 4.78 is 0. The van der Waals surface area contributed by atoms with Gasteiger partial charge in [-0.05, 0) is 42.1 Å². The van der Waals surface area contributed by atoms with E-state index < -0.39 is 13.2 Å². The van der Waals surface area contributed by atoms with Crippen LogP contribution in [0.3, 0.4) is 0 Å². The molecule has 0 aromatic heterocycles. The minimum Gasteiger partial charge on any atom is -0.0934 e. The zero-order chi connectivity index (χ0) is 16.4. The van der Waals surface area contributed by atoms with E-state index in [2.05, 4.69) is 76.0 Å². The van der Waals surface area contributed by atoms with E-state index in [0.717, 1.165) is 5.90 Å². The first kappa shape index (κ1) is 17.9. The molecular weight excluding hydrogens is 321 g/mol. The molecule has 22 heavy (non-hydrogen) atoms. The van der Waals surface area contributed by atoms with E-state index in [0.29, 0.717) is 0 Å². The normalized spacial score (nSPS) is 15.3. The molecule has 0 aliphatic carbocycles. The highest BCUT2D eigenvalue weighted by Crippen LogP contribution is 2.68. The van der Waals surface area contributed by atoms with Gasteiger partial charge in [0.25, 0.3) is 0 Å². The van der Waals surface area contributed by atoms with E-state index in [1.807, 2.05) is 12.1 Å². The zero-order valence-electron chi connectivity index (χ0n) is 13.9. The van der Waals surface area contributed by atoms with Crippen molar-refractivity contribution >= 4 is 43.2 Å². The molecule has 0 fully saturated rings. The Balaban J connectivity index is 2.56. The summed E-state index contributed by atoms with van der Waals surface area (Å²) in [6.07, 6.45) is 0. The summed E-state index contributed by atoms with van der Waals surface area (Å²) in [6.45, 7) is 9.05. The predicted molar refractivity (Wildman–Crippen MR) is 110 cm³/mol. The van der Waals surface area contributed by atoms with E-state index in [1.165, 1.54) is 10.6 Å². The molecule has 0 saturated carbocycles. The summed E-state index contributed by atoms with van der Waals surface area (Å²) in [4.78, 5) is 0. The van der Waals surface area contributed by atoms with Crippen LogP contribution in [-0.2, 0) is 11.8 Å². The summed E-state index contributed by atoms with van der Waals surface area (Å²) in [5.41, 5.74) is 0. The summed E-state index contributed by atoms with van der Waals surface area (Å²) >= 11 is 6.09. The van der Waals surface area contributed by atoms with Gasteiger partial charge in [-0.1, -0.05) is 69.0 Å². The van der Waals surface area contributed by atoms with Crippen LogP contribution in [0.1, 0.15) is 20.8 Å². The van der Waals surface area contributed by atoms with Crippen LogP contribution in [0.4, 0.5) is 0 Å². The van der Waals surface area contributed by atoms with Crippen molar-refractivity contribution in [1.29, 1.82) is 0 Å². The second kappa shape index (κ2) is 6.60. The average molecular weight is 345 g/mol. The van der Waals surface area contributed by atoms with Crippen LogP contribution < -0.4 is 10.6 Å². The molecule has 0 bridgehead atoms. The minimum absolute atomic E-state index is 0.135. The van der Waals surface area contributed by atoms with Gasteiger partial charge in [0.1, 0.15) is 0 Å². The van der Waals surface area contributed by atoms with E-state index in [9.17, 15) is 0 Å². The lowest BCUT2D eigenvalue weighted by molar-refractivity contribution is 0.786. The maximum atomic E-state index is 7.10. The van der Waals surface area contributed by atoms with Gasteiger partial charge in [0.05, 0.1) is 16.5 Å². The lowest BCUT2D eigenvalue weighted by atomic mass is 10.3. The molecule has 0 saturated heterocycles. The Morgan fingerprint density at radius 2 is 1.27 bits per heavy atom. The summed E-state index contributed by atoms with van der Waals surface area (Å²) in [5, 5.41) is 2.64. The lowest BCUT2D eigenvalue weighted by Crippen LogP contribution is -2.28. The van der Waals surface area contributed by atoms with Crippen molar-refractivity contribution in [2.75, 3.05) is 12.6 Å². The molecular formula is C18H24BP2S+. The third-order valence-corrected chi connectivity index (χ3v) is 16.2. The standard InChI is InChI=1S/C18H24BP2S/c1-18(2,3)20(4,22)15-21(19,16-11-7-5-8-12-16)17-13-9-6-10-14-17/h5-14H,15H2,1-4H3/q+1/t20-/m1/s1. The smallest absolute Gasteiger partial charge is 0.0934 e. The maximum Gasteiger partial charge on any atom is 0.377 e. The van der Waals surface area contributed by atoms with Gasteiger partial charge < -0.3 is 0 Å².